The van der Waals surface area contributed by atoms with Crippen LogP contribution in [0, 0.1) is 5.82 Å². The van der Waals surface area contributed by atoms with E-state index < -0.39 is 5.91 Å². The Morgan fingerprint density at radius 3 is 2.62 bits per heavy atom. The Balaban J connectivity index is 0.000000293. The van der Waals surface area contributed by atoms with Gasteiger partial charge in [0.25, 0.3) is 5.91 Å². The van der Waals surface area contributed by atoms with Gasteiger partial charge in [-0.3, -0.25) is 9.79 Å². The number of nitrogens with two attached hydrogens (primary N) is 1. The van der Waals surface area contributed by atoms with Gasteiger partial charge in [0.2, 0.25) is 0 Å². The smallest absolute Gasteiger partial charge is 0.287 e. The van der Waals surface area contributed by atoms with Crippen molar-refractivity contribution in [1.82, 2.24) is 0 Å². The van der Waals surface area contributed by atoms with Crippen LogP contribution in [0.25, 0.3) is 0 Å². The third-order valence-corrected chi connectivity index (χ3v) is 1.52. The maximum atomic E-state index is 12.3. The fourth-order valence-electron chi connectivity index (χ4n) is 0.815. The largest absolute Gasteiger partial charge is 0.326 e. The maximum absolute atomic E-state index is 12.3. The minimum Gasteiger partial charge on any atom is -0.326 e. The van der Waals surface area contributed by atoms with Crippen molar-refractivity contribution < 1.29 is 9.18 Å². The Morgan fingerprint density at radius 2 is 2.31 bits per heavy atom. The molecule has 0 aliphatic carbocycles. The van der Waals surface area contributed by atoms with Gasteiger partial charge >= 0.3 is 0 Å². The van der Waals surface area contributed by atoms with Gasteiger partial charge in [-0.1, -0.05) is 12.1 Å². The lowest BCUT2D eigenvalue weighted by atomic mass is 10.2. The van der Waals surface area contributed by atoms with Crippen LogP contribution in [-0.2, 0) is 11.3 Å². The molecule has 0 bridgehead atoms. The van der Waals surface area contributed by atoms with E-state index in [1.807, 2.05) is 0 Å². The molecule has 0 saturated heterocycles. The molecule has 0 radical (unpaired) electrons. The van der Waals surface area contributed by atoms with Crippen molar-refractivity contribution in [1.29, 1.82) is 0 Å². The Morgan fingerprint density at radius 1 is 1.62 bits per heavy atom. The van der Waals surface area contributed by atoms with Crippen molar-refractivity contribution >= 4 is 18.8 Å². The molecule has 0 unspecified atom stereocenters. The van der Waals surface area contributed by atoms with Crippen molar-refractivity contribution in [3.05, 3.63) is 35.6 Å². The Labute approximate surface area is 93.7 Å². The van der Waals surface area contributed by atoms with E-state index in [0.29, 0.717) is 6.54 Å². The quantitative estimate of drug-likeness (QED) is 0.765. The standard InChI is InChI=1S/C7H8FN.C4H6N2O/c8-7-3-1-2-6(4-7)5-9;1-5-3-4(7)6-2/h1-4H,5,9H2;3H,2H2,1H3. The molecule has 4 nitrogen and oxygen atoms in total. The van der Waals surface area contributed by atoms with Crippen LogP contribution in [0.5, 0.6) is 0 Å². The zero-order chi connectivity index (χ0) is 12.4. The highest BCUT2D eigenvalue weighted by molar-refractivity contribution is 6.27. The molecule has 1 rings (SSSR count). The molecule has 16 heavy (non-hydrogen) atoms. The SMILES string of the molecule is C=NC(=O)C=NC.NCc1cccc(F)c1. The number of rotatable bonds is 2. The average Bonchev–Trinajstić information content (AvgIpc) is 2.30. The predicted octanol–water partition coefficient (Wildman–Crippen LogP) is 1.20. The summed E-state index contributed by atoms with van der Waals surface area (Å²) in [5.41, 5.74) is 6.08. The van der Waals surface area contributed by atoms with Crippen LogP contribution in [0.2, 0.25) is 0 Å². The van der Waals surface area contributed by atoms with Gasteiger partial charge in [-0.2, -0.15) is 0 Å². The molecule has 0 aliphatic heterocycles. The zero-order valence-electron chi connectivity index (χ0n) is 9.06. The van der Waals surface area contributed by atoms with E-state index in [0.717, 1.165) is 11.8 Å². The van der Waals surface area contributed by atoms with E-state index >= 15 is 0 Å². The summed E-state index contributed by atoms with van der Waals surface area (Å²) in [5.74, 6) is -0.625. The van der Waals surface area contributed by atoms with Gasteiger partial charge in [-0.15, -0.1) is 0 Å². The van der Waals surface area contributed by atoms with Gasteiger partial charge in [0.15, 0.2) is 0 Å². The molecule has 1 aromatic rings. The summed E-state index contributed by atoms with van der Waals surface area (Å²) in [5, 5.41) is 0. The van der Waals surface area contributed by atoms with E-state index in [1.165, 1.54) is 19.2 Å². The highest BCUT2D eigenvalue weighted by Gasteiger charge is 1.89. The van der Waals surface area contributed by atoms with Crippen LogP contribution in [0.1, 0.15) is 5.56 Å². The molecule has 0 aliphatic rings. The summed E-state index contributed by atoms with van der Waals surface area (Å²) >= 11 is 0. The number of aliphatic imine (C=N–C) groups is 2. The first-order chi connectivity index (χ1) is 7.63. The molecule has 2 N–H and O–H groups in total. The highest BCUT2D eigenvalue weighted by atomic mass is 19.1. The molecule has 0 fully saturated rings. The van der Waals surface area contributed by atoms with Crippen molar-refractivity contribution in [2.75, 3.05) is 7.05 Å². The van der Waals surface area contributed by atoms with Crippen LogP contribution in [0.4, 0.5) is 4.39 Å². The summed E-state index contributed by atoms with van der Waals surface area (Å²) < 4.78 is 12.3. The first-order valence-electron chi connectivity index (χ1n) is 4.51. The third-order valence-electron chi connectivity index (χ3n) is 1.52. The molecule has 0 saturated carbocycles. The Hall–Kier alpha value is -1.88. The van der Waals surface area contributed by atoms with Crippen molar-refractivity contribution in [2.24, 2.45) is 15.7 Å². The normalized spacial score (nSPS) is 9.44. The molecule has 0 heterocycles. The summed E-state index contributed by atoms with van der Waals surface area (Å²) in [6, 6.07) is 6.28. The van der Waals surface area contributed by atoms with E-state index in [9.17, 15) is 9.18 Å². The number of hydrogen-bond acceptors (Lipinski definition) is 3. The lowest BCUT2D eigenvalue weighted by molar-refractivity contribution is -0.111. The minimum atomic E-state index is -0.400. The second-order valence-electron chi connectivity index (χ2n) is 2.72. The first-order valence-corrected chi connectivity index (χ1v) is 4.51. The average molecular weight is 223 g/mol. The summed E-state index contributed by atoms with van der Waals surface area (Å²) in [6.45, 7) is 3.39. The zero-order valence-corrected chi connectivity index (χ0v) is 9.06. The van der Waals surface area contributed by atoms with Crippen molar-refractivity contribution in [2.45, 2.75) is 6.54 Å². The molecule has 0 atom stereocenters. The van der Waals surface area contributed by atoms with E-state index in [-0.39, 0.29) is 5.82 Å². The summed E-state index contributed by atoms with van der Waals surface area (Å²) in [4.78, 5) is 16.5. The van der Waals surface area contributed by atoms with E-state index in [2.05, 4.69) is 16.7 Å². The predicted molar refractivity (Wildman–Crippen MR) is 63.3 cm³/mol. The Bertz CT molecular complexity index is 377. The molecule has 1 amide bonds. The van der Waals surface area contributed by atoms with Gasteiger partial charge < -0.3 is 5.73 Å². The molecule has 5 heteroatoms. The van der Waals surface area contributed by atoms with Crippen molar-refractivity contribution in [3.8, 4) is 0 Å². The van der Waals surface area contributed by atoms with Gasteiger partial charge in [-0.25, -0.2) is 9.38 Å². The van der Waals surface area contributed by atoms with Crippen LogP contribution in [-0.4, -0.2) is 25.9 Å². The molecular weight excluding hydrogens is 209 g/mol. The van der Waals surface area contributed by atoms with Gasteiger partial charge in [0.05, 0.1) is 6.21 Å². The van der Waals surface area contributed by atoms with E-state index in [1.54, 1.807) is 12.1 Å². The second-order valence-corrected chi connectivity index (χ2v) is 2.72. The molecule has 0 spiro atoms. The number of hydrogen-bond donors (Lipinski definition) is 1. The molecule has 1 aromatic carbocycles. The lowest BCUT2D eigenvalue weighted by Gasteiger charge is -1.92. The van der Waals surface area contributed by atoms with Crippen molar-refractivity contribution in [3.63, 3.8) is 0 Å². The number of benzene rings is 1. The monoisotopic (exact) mass is 223 g/mol. The van der Waals surface area contributed by atoms with Crippen LogP contribution in [0.3, 0.4) is 0 Å². The number of nitrogens with zero attached hydrogens (tertiary/aromatic N) is 2. The highest BCUT2D eigenvalue weighted by Crippen LogP contribution is 2.00. The molecular formula is C11H14FN3O. The van der Waals surface area contributed by atoms with Crippen LogP contribution >= 0.6 is 0 Å². The number of carbonyl (C=O) groups is 1. The summed E-state index contributed by atoms with van der Waals surface area (Å²) in [7, 11) is 1.50. The molecule has 0 aromatic heterocycles. The lowest BCUT2D eigenvalue weighted by Crippen LogP contribution is -1.95. The van der Waals surface area contributed by atoms with Gasteiger partial charge in [0.1, 0.15) is 5.82 Å². The van der Waals surface area contributed by atoms with E-state index in [4.69, 9.17) is 5.73 Å². The van der Waals surface area contributed by atoms with Gasteiger partial charge in [-0.05, 0) is 24.4 Å². The summed E-state index contributed by atoms with van der Waals surface area (Å²) in [6.07, 6.45) is 1.10. The van der Waals surface area contributed by atoms with Gasteiger partial charge in [0, 0.05) is 13.6 Å². The fraction of sp³-hybridized carbons (Fsp3) is 0.182. The fourth-order valence-corrected chi connectivity index (χ4v) is 0.815. The topological polar surface area (TPSA) is 67.8 Å². The maximum Gasteiger partial charge on any atom is 0.287 e. The molecule has 86 valence electrons. The second kappa shape index (κ2) is 8.43. The first kappa shape index (κ1) is 14.1. The number of halogens is 1. The Kier molecular flexibility index (Phi) is 7.44. The third kappa shape index (κ3) is 6.56. The minimum absolute atomic E-state index is 0.224. The van der Waals surface area contributed by atoms with Crippen LogP contribution < -0.4 is 5.73 Å². The number of carbonyl (C=O) groups excluding carboxylic acids is 1. The van der Waals surface area contributed by atoms with Crippen LogP contribution in [0.15, 0.2) is 34.3 Å². The number of amides is 1.